The minimum absolute atomic E-state index is 0.117. The van der Waals surface area contributed by atoms with Gasteiger partial charge in [0.1, 0.15) is 0 Å². The second-order valence-corrected chi connectivity index (χ2v) is 8.75. The quantitative estimate of drug-likeness (QED) is 0.294. The van der Waals surface area contributed by atoms with Gasteiger partial charge in [-0.05, 0) is 36.4 Å². The Morgan fingerprint density at radius 1 is 0.724 bits per heavy atom. The average Bonchev–Trinajstić information content (AvgIpc) is 3.13. The molecule has 0 unspecified atom stereocenters. The van der Waals surface area contributed by atoms with Gasteiger partial charge in [-0.2, -0.15) is 0 Å². The Morgan fingerprint density at radius 2 is 1.41 bits per heavy atom. The second kappa shape index (κ2) is 7.47. The van der Waals surface area contributed by atoms with Crippen molar-refractivity contribution in [1.82, 2.24) is 0 Å². The number of hydrogen-bond acceptors (Lipinski definition) is 2. The van der Waals surface area contributed by atoms with E-state index in [4.69, 9.17) is 0 Å². The number of amides is 1. The third-order valence-electron chi connectivity index (χ3n) is 4.98. The summed E-state index contributed by atoms with van der Waals surface area (Å²) in [4.78, 5) is 12.8. The first-order valence-electron chi connectivity index (χ1n) is 9.27. The van der Waals surface area contributed by atoms with Crippen LogP contribution in [0, 0.1) is 0 Å². The lowest BCUT2D eigenvalue weighted by Crippen LogP contribution is -2.12. The monoisotopic (exact) mass is 457 g/mol. The van der Waals surface area contributed by atoms with Crippen LogP contribution in [0.3, 0.4) is 0 Å². The van der Waals surface area contributed by atoms with Crippen LogP contribution in [0.25, 0.3) is 31.3 Å². The topological polar surface area (TPSA) is 29.1 Å². The van der Waals surface area contributed by atoms with Gasteiger partial charge in [-0.15, -0.1) is 11.3 Å². The highest BCUT2D eigenvalue weighted by Gasteiger charge is 2.14. The normalized spacial score (nSPS) is 11.1. The summed E-state index contributed by atoms with van der Waals surface area (Å²) in [5.41, 5.74) is 3.60. The van der Waals surface area contributed by atoms with Gasteiger partial charge in [-0.3, -0.25) is 4.79 Å². The number of hydrogen-bond donors (Lipinski definition) is 1. The van der Waals surface area contributed by atoms with E-state index in [0.717, 1.165) is 21.3 Å². The van der Waals surface area contributed by atoms with Crippen molar-refractivity contribution in [2.24, 2.45) is 0 Å². The molecule has 0 atom stereocenters. The molecule has 1 amide bonds. The molecule has 0 bridgehead atoms. The van der Waals surface area contributed by atoms with E-state index in [1.807, 2.05) is 42.5 Å². The third kappa shape index (κ3) is 3.35. The van der Waals surface area contributed by atoms with Crippen LogP contribution in [0.4, 0.5) is 5.69 Å². The van der Waals surface area contributed by atoms with Crippen molar-refractivity contribution in [2.45, 2.75) is 0 Å². The maximum Gasteiger partial charge on any atom is 0.255 e. The van der Waals surface area contributed by atoms with E-state index >= 15 is 0 Å². The van der Waals surface area contributed by atoms with Crippen molar-refractivity contribution in [2.75, 3.05) is 5.32 Å². The van der Waals surface area contributed by atoms with E-state index in [0.29, 0.717) is 5.56 Å². The Morgan fingerprint density at radius 3 is 2.28 bits per heavy atom. The van der Waals surface area contributed by atoms with Crippen molar-refractivity contribution in [3.63, 3.8) is 0 Å². The van der Waals surface area contributed by atoms with Gasteiger partial charge in [-0.1, -0.05) is 70.5 Å². The van der Waals surface area contributed by atoms with Crippen molar-refractivity contribution < 1.29 is 4.79 Å². The SMILES string of the molecule is O=C(Nc1ccccc1-c1cccc2c1sc1ccccc12)c1ccc(Br)cc1. The lowest BCUT2D eigenvalue weighted by atomic mass is 10.0. The highest BCUT2D eigenvalue weighted by atomic mass is 79.9. The summed E-state index contributed by atoms with van der Waals surface area (Å²) >= 11 is 5.20. The average molecular weight is 458 g/mol. The largest absolute Gasteiger partial charge is 0.321 e. The third-order valence-corrected chi connectivity index (χ3v) is 6.72. The highest BCUT2D eigenvalue weighted by molar-refractivity contribution is 9.10. The van der Waals surface area contributed by atoms with Gasteiger partial charge in [0, 0.05) is 47.0 Å². The van der Waals surface area contributed by atoms with E-state index in [1.165, 1.54) is 20.2 Å². The molecule has 1 aromatic heterocycles. The minimum atomic E-state index is -0.117. The smallest absolute Gasteiger partial charge is 0.255 e. The number of carbonyl (C=O) groups is 1. The van der Waals surface area contributed by atoms with Crippen molar-refractivity contribution in [3.05, 3.63) is 101 Å². The molecule has 2 nitrogen and oxygen atoms in total. The molecule has 0 aliphatic rings. The first-order valence-corrected chi connectivity index (χ1v) is 10.9. The minimum Gasteiger partial charge on any atom is -0.321 e. The Bertz CT molecular complexity index is 1350. The zero-order valence-corrected chi connectivity index (χ0v) is 17.8. The van der Waals surface area contributed by atoms with Gasteiger partial charge in [-0.25, -0.2) is 0 Å². The van der Waals surface area contributed by atoms with Gasteiger partial charge in [0.05, 0.1) is 0 Å². The summed E-state index contributed by atoms with van der Waals surface area (Å²) in [7, 11) is 0. The van der Waals surface area contributed by atoms with Crippen molar-refractivity contribution in [1.29, 1.82) is 0 Å². The van der Waals surface area contributed by atoms with Gasteiger partial charge < -0.3 is 5.32 Å². The molecule has 1 heterocycles. The predicted molar refractivity (Wildman–Crippen MR) is 127 cm³/mol. The van der Waals surface area contributed by atoms with Crippen LogP contribution >= 0.6 is 27.3 Å². The van der Waals surface area contributed by atoms with Crippen LogP contribution < -0.4 is 5.32 Å². The highest BCUT2D eigenvalue weighted by Crippen LogP contribution is 2.41. The second-order valence-electron chi connectivity index (χ2n) is 6.79. The number of nitrogens with one attached hydrogen (secondary N) is 1. The van der Waals surface area contributed by atoms with Gasteiger partial charge in [0.25, 0.3) is 5.91 Å². The number of benzene rings is 4. The molecule has 0 spiro atoms. The molecule has 140 valence electrons. The number of para-hydroxylation sites is 1. The van der Waals surface area contributed by atoms with Gasteiger partial charge in [0.2, 0.25) is 0 Å². The summed E-state index contributed by atoms with van der Waals surface area (Å²) < 4.78 is 3.45. The number of halogens is 1. The molecular formula is C25H16BrNOS. The maximum atomic E-state index is 12.8. The van der Waals surface area contributed by atoms with E-state index in [9.17, 15) is 4.79 Å². The molecule has 0 aliphatic carbocycles. The fourth-order valence-electron chi connectivity index (χ4n) is 3.58. The molecule has 1 N–H and O–H groups in total. The summed E-state index contributed by atoms with van der Waals surface area (Å²) in [6.45, 7) is 0. The number of rotatable bonds is 3. The Hall–Kier alpha value is -2.95. The first-order chi connectivity index (χ1) is 14.2. The van der Waals surface area contributed by atoms with E-state index in [1.54, 1.807) is 11.3 Å². The summed E-state index contributed by atoms with van der Waals surface area (Å²) in [6, 6.07) is 30.2. The lowest BCUT2D eigenvalue weighted by Gasteiger charge is -2.12. The van der Waals surface area contributed by atoms with Crippen LogP contribution in [0.5, 0.6) is 0 Å². The van der Waals surface area contributed by atoms with E-state index < -0.39 is 0 Å². The number of anilines is 1. The van der Waals surface area contributed by atoms with Crippen LogP contribution in [-0.4, -0.2) is 5.91 Å². The zero-order valence-electron chi connectivity index (χ0n) is 15.4. The molecular weight excluding hydrogens is 442 g/mol. The van der Waals surface area contributed by atoms with Crippen molar-refractivity contribution >= 4 is 59.0 Å². The summed E-state index contributed by atoms with van der Waals surface area (Å²) in [5, 5.41) is 5.61. The maximum absolute atomic E-state index is 12.8. The molecule has 0 saturated carbocycles. The van der Waals surface area contributed by atoms with Crippen LogP contribution in [0.2, 0.25) is 0 Å². The van der Waals surface area contributed by atoms with Gasteiger partial charge >= 0.3 is 0 Å². The molecule has 0 fully saturated rings. The first kappa shape index (κ1) is 18.1. The predicted octanol–water partition coefficient (Wildman–Crippen LogP) is 7.74. The zero-order chi connectivity index (χ0) is 19.8. The molecule has 5 aromatic rings. The number of carbonyl (C=O) groups excluding carboxylic acids is 1. The molecule has 0 saturated heterocycles. The van der Waals surface area contributed by atoms with Crippen molar-refractivity contribution in [3.8, 4) is 11.1 Å². The summed E-state index contributed by atoms with van der Waals surface area (Å²) in [5.74, 6) is -0.117. The molecule has 4 aromatic carbocycles. The van der Waals surface area contributed by atoms with Crippen LogP contribution in [-0.2, 0) is 0 Å². The molecule has 29 heavy (non-hydrogen) atoms. The number of fused-ring (bicyclic) bond motifs is 3. The fraction of sp³-hybridized carbons (Fsp3) is 0. The molecule has 0 aliphatic heterocycles. The Kier molecular flexibility index (Phi) is 4.66. The summed E-state index contributed by atoms with van der Waals surface area (Å²) in [6.07, 6.45) is 0. The van der Waals surface area contributed by atoms with Gasteiger partial charge in [0.15, 0.2) is 0 Å². The fourth-order valence-corrected chi connectivity index (χ4v) is 5.08. The Balaban J connectivity index is 1.61. The number of thiophene rings is 1. The van der Waals surface area contributed by atoms with E-state index in [2.05, 4.69) is 69.8 Å². The van der Waals surface area contributed by atoms with Crippen LogP contribution in [0.15, 0.2) is 95.5 Å². The lowest BCUT2D eigenvalue weighted by molar-refractivity contribution is 0.102. The standard InChI is InChI=1S/C25H16BrNOS/c26-17-14-12-16(13-15-17)25(28)27-22-10-3-1-6-18(22)20-8-5-9-21-19-7-2-4-11-23(19)29-24(20)21/h1-15H,(H,27,28). The Labute approximate surface area is 180 Å². The molecule has 5 rings (SSSR count). The molecule has 0 radical (unpaired) electrons. The van der Waals surface area contributed by atoms with E-state index in [-0.39, 0.29) is 5.91 Å². The molecule has 4 heteroatoms. The van der Waals surface area contributed by atoms with Crippen LogP contribution in [0.1, 0.15) is 10.4 Å².